The zero-order valence-corrected chi connectivity index (χ0v) is 11.4. The van der Waals surface area contributed by atoms with Crippen LogP contribution in [0.5, 0.6) is 0 Å². The molecule has 0 saturated heterocycles. The minimum absolute atomic E-state index is 0.243. The third-order valence-corrected chi connectivity index (χ3v) is 5.90. The number of halogens is 4. The maximum atomic E-state index is 6.33. The summed E-state index contributed by atoms with van der Waals surface area (Å²) in [5.74, 6) is 1.42. The van der Waals surface area contributed by atoms with E-state index in [-0.39, 0.29) is 11.8 Å². The van der Waals surface area contributed by atoms with Gasteiger partial charge in [-0.05, 0) is 24.7 Å². The molecule has 86 valence electrons. The molecule has 4 rings (SSSR count). The monoisotopic (exact) mass is 294 g/mol. The second-order valence-electron chi connectivity index (χ2n) is 4.67. The second-order valence-corrected chi connectivity index (χ2v) is 6.24. The van der Waals surface area contributed by atoms with E-state index in [1.165, 1.54) is 12.8 Å². The Labute approximate surface area is 115 Å². The van der Waals surface area contributed by atoms with E-state index in [0.29, 0.717) is 32.0 Å². The molecule has 4 heteroatoms. The Hall–Kier alpha value is 0.380. The molecule has 4 unspecified atom stereocenters. The Morgan fingerprint density at radius 1 is 0.750 bits per heavy atom. The Balaban J connectivity index is 2.15. The van der Waals surface area contributed by atoms with Crippen LogP contribution in [-0.4, -0.2) is 0 Å². The molecule has 1 saturated carbocycles. The van der Waals surface area contributed by atoms with Crippen molar-refractivity contribution in [3.63, 3.8) is 0 Å². The Morgan fingerprint density at radius 3 is 1.44 bits per heavy atom. The Kier molecular flexibility index (Phi) is 2.83. The molecule has 0 spiro atoms. The van der Waals surface area contributed by atoms with Gasteiger partial charge in [-0.3, -0.25) is 0 Å². The molecule has 0 nitrogen and oxygen atoms in total. The summed E-state index contributed by atoms with van der Waals surface area (Å²) in [6, 6.07) is 0. The van der Waals surface area contributed by atoms with Gasteiger partial charge in [0.1, 0.15) is 0 Å². The van der Waals surface area contributed by atoms with Crippen molar-refractivity contribution in [1.82, 2.24) is 0 Å². The average molecular weight is 296 g/mol. The summed E-state index contributed by atoms with van der Waals surface area (Å²) in [6.07, 6.45) is 6.85. The molecule has 1 fully saturated rings. The summed E-state index contributed by atoms with van der Waals surface area (Å²) in [6.45, 7) is 0. The lowest BCUT2D eigenvalue weighted by atomic mass is 9.61. The van der Waals surface area contributed by atoms with Crippen LogP contribution in [0, 0.1) is 23.7 Å². The minimum atomic E-state index is 0.243. The zero-order chi connectivity index (χ0) is 11.4. The van der Waals surface area contributed by atoms with Crippen LogP contribution in [-0.2, 0) is 0 Å². The van der Waals surface area contributed by atoms with Gasteiger partial charge in [0.15, 0.2) is 0 Å². The summed E-state index contributed by atoms with van der Waals surface area (Å²) in [5.41, 5.74) is 0. The Bertz CT molecular complexity index is 392. The van der Waals surface area contributed by atoms with Gasteiger partial charge < -0.3 is 0 Å². The van der Waals surface area contributed by atoms with Gasteiger partial charge in [-0.1, -0.05) is 58.6 Å². The largest absolute Gasteiger partial charge is 0.0871 e. The lowest BCUT2D eigenvalue weighted by Crippen LogP contribution is -2.39. The zero-order valence-electron chi connectivity index (χ0n) is 8.39. The van der Waals surface area contributed by atoms with Gasteiger partial charge in [0.05, 0.1) is 10.1 Å². The van der Waals surface area contributed by atoms with Gasteiger partial charge in [0.25, 0.3) is 0 Å². The van der Waals surface area contributed by atoms with Crippen molar-refractivity contribution in [2.24, 2.45) is 23.7 Å². The third-order valence-electron chi connectivity index (χ3n) is 3.95. The van der Waals surface area contributed by atoms with E-state index in [1.807, 2.05) is 0 Å². The van der Waals surface area contributed by atoms with Crippen LogP contribution in [0.25, 0.3) is 0 Å². The van der Waals surface area contributed by atoms with Gasteiger partial charge in [0, 0.05) is 21.9 Å². The summed E-state index contributed by atoms with van der Waals surface area (Å²) in [5, 5.41) is 2.27. The van der Waals surface area contributed by atoms with E-state index < -0.39 is 0 Å². The summed E-state index contributed by atoms with van der Waals surface area (Å²) in [7, 11) is 0. The molecule has 4 aliphatic rings. The highest BCUT2D eigenvalue weighted by Gasteiger charge is 2.47. The molecule has 4 atom stereocenters. The van der Waals surface area contributed by atoms with E-state index in [4.69, 9.17) is 46.4 Å². The molecule has 0 radical (unpaired) electrons. The van der Waals surface area contributed by atoms with Gasteiger partial charge >= 0.3 is 0 Å². The van der Waals surface area contributed by atoms with Crippen LogP contribution in [0.3, 0.4) is 0 Å². The van der Waals surface area contributed by atoms with E-state index in [1.54, 1.807) is 0 Å². The van der Waals surface area contributed by atoms with Gasteiger partial charge in [0.2, 0.25) is 0 Å². The average Bonchev–Trinajstić information content (AvgIpc) is 2.34. The van der Waals surface area contributed by atoms with Crippen molar-refractivity contribution in [3.05, 3.63) is 32.3 Å². The summed E-state index contributed by atoms with van der Waals surface area (Å²) in [4.78, 5) is 0. The van der Waals surface area contributed by atoms with E-state index in [0.717, 1.165) is 0 Å². The van der Waals surface area contributed by atoms with Crippen LogP contribution < -0.4 is 0 Å². The smallest absolute Gasteiger partial charge is 0.0752 e. The first-order valence-electron chi connectivity index (χ1n) is 5.40. The fourth-order valence-electron chi connectivity index (χ4n) is 3.19. The molecule has 0 N–H and O–H groups in total. The number of hydrogen-bond acceptors (Lipinski definition) is 0. The maximum absolute atomic E-state index is 6.33. The van der Waals surface area contributed by atoms with Crippen molar-refractivity contribution in [3.8, 4) is 0 Å². The SMILES string of the molecule is ClC1=C(Cl)C2C3C=CC(CC3)C2C(Cl)=C1Cl. The predicted octanol–water partition coefficient (Wildman–Crippen LogP) is 5.21. The van der Waals surface area contributed by atoms with Gasteiger partial charge in [-0.25, -0.2) is 0 Å². The predicted molar refractivity (Wildman–Crippen MR) is 69.8 cm³/mol. The van der Waals surface area contributed by atoms with E-state index >= 15 is 0 Å². The fourth-order valence-corrected chi connectivity index (χ4v) is 4.52. The molecular formula is C12H10Cl4. The quantitative estimate of drug-likeness (QED) is 0.538. The normalized spacial score (nSPS) is 41.8. The highest BCUT2D eigenvalue weighted by atomic mass is 35.5. The molecule has 0 aromatic heterocycles. The molecule has 0 heterocycles. The molecular weight excluding hydrogens is 286 g/mol. The highest BCUT2D eigenvalue weighted by Crippen LogP contribution is 2.57. The maximum Gasteiger partial charge on any atom is 0.0752 e. The third kappa shape index (κ3) is 1.43. The van der Waals surface area contributed by atoms with Crippen molar-refractivity contribution in [2.45, 2.75) is 12.8 Å². The molecule has 16 heavy (non-hydrogen) atoms. The van der Waals surface area contributed by atoms with Crippen LogP contribution in [0.4, 0.5) is 0 Å². The topological polar surface area (TPSA) is 0 Å². The number of allylic oxidation sites excluding steroid dienone is 6. The summed E-state index contributed by atoms with van der Waals surface area (Å²) >= 11 is 24.9. The van der Waals surface area contributed by atoms with Crippen molar-refractivity contribution < 1.29 is 0 Å². The fraction of sp³-hybridized carbons (Fsp3) is 0.500. The number of rotatable bonds is 0. The minimum Gasteiger partial charge on any atom is -0.0871 e. The molecule has 4 aliphatic carbocycles. The van der Waals surface area contributed by atoms with E-state index in [9.17, 15) is 0 Å². The van der Waals surface area contributed by atoms with E-state index in [2.05, 4.69) is 12.2 Å². The second kappa shape index (κ2) is 3.95. The number of fused-ring (bicyclic) bond motifs is 1. The van der Waals surface area contributed by atoms with Crippen LogP contribution in [0.1, 0.15) is 12.8 Å². The lowest BCUT2D eigenvalue weighted by molar-refractivity contribution is 0.187. The highest BCUT2D eigenvalue weighted by molar-refractivity contribution is 6.51. The lowest BCUT2D eigenvalue weighted by Gasteiger charge is -2.47. The van der Waals surface area contributed by atoms with Crippen molar-refractivity contribution in [2.75, 3.05) is 0 Å². The van der Waals surface area contributed by atoms with Crippen LogP contribution in [0.2, 0.25) is 0 Å². The molecule has 0 amide bonds. The van der Waals surface area contributed by atoms with Crippen molar-refractivity contribution in [1.29, 1.82) is 0 Å². The van der Waals surface area contributed by atoms with Crippen LogP contribution in [0.15, 0.2) is 32.3 Å². The number of hydrogen-bond donors (Lipinski definition) is 0. The van der Waals surface area contributed by atoms with Crippen LogP contribution >= 0.6 is 46.4 Å². The molecule has 0 aliphatic heterocycles. The standard InChI is InChI=1S/C12H10Cl4/c13-9-7-5-1-2-6(4-3-5)8(7)10(14)12(16)11(9)15/h1-2,5-8H,3-4H2. The molecule has 0 aromatic rings. The van der Waals surface area contributed by atoms with Crippen molar-refractivity contribution >= 4 is 46.4 Å². The Morgan fingerprint density at radius 2 is 1.12 bits per heavy atom. The summed E-state index contributed by atoms with van der Waals surface area (Å²) < 4.78 is 0. The molecule has 2 bridgehead atoms. The van der Waals surface area contributed by atoms with Gasteiger partial charge in [-0.2, -0.15) is 0 Å². The molecule has 0 aromatic carbocycles. The first-order chi connectivity index (χ1) is 7.61. The first kappa shape index (κ1) is 11.5. The first-order valence-corrected chi connectivity index (χ1v) is 6.91. The van der Waals surface area contributed by atoms with Gasteiger partial charge in [-0.15, -0.1) is 0 Å².